The zero-order chi connectivity index (χ0) is 12.3. The van der Waals surface area contributed by atoms with Crippen LogP contribution in [0.5, 0.6) is 0 Å². The molecule has 1 aliphatic rings. The summed E-state index contributed by atoms with van der Waals surface area (Å²) in [5, 5.41) is 9.58. The molecule has 0 bridgehead atoms. The molecule has 0 spiro atoms. The van der Waals surface area contributed by atoms with Crippen molar-refractivity contribution < 1.29 is 4.74 Å². The highest BCUT2D eigenvalue weighted by molar-refractivity contribution is 9.10. The third-order valence-electron chi connectivity index (χ3n) is 2.70. The molecule has 1 aromatic carbocycles. The molecule has 90 valence electrons. The van der Waals surface area contributed by atoms with Crippen LogP contribution in [0.2, 0.25) is 5.02 Å². The molecule has 1 fully saturated rings. The van der Waals surface area contributed by atoms with E-state index in [0.29, 0.717) is 13.2 Å². The van der Waals surface area contributed by atoms with E-state index in [1.54, 1.807) is 0 Å². The molecule has 0 radical (unpaired) electrons. The van der Waals surface area contributed by atoms with Gasteiger partial charge >= 0.3 is 0 Å². The molecule has 0 saturated carbocycles. The Morgan fingerprint density at radius 3 is 3.12 bits per heavy atom. The molecular formula is C12H12BrClN2O. The van der Waals surface area contributed by atoms with Crippen molar-refractivity contribution in [1.82, 2.24) is 4.90 Å². The lowest BCUT2D eigenvalue weighted by atomic mass is 10.2. The summed E-state index contributed by atoms with van der Waals surface area (Å²) >= 11 is 9.55. The van der Waals surface area contributed by atoms with Gasteiger partial charge in [-0.2, -0.15) is 5.26 Å². The van der Waals surface area contributed by atoms with Gasteiger partial charge in [0.1, 0.15) is 0 Å². The molecule has 1 aromatic rings. The van der Waals surface area contributed by atoms with E-state index in [2.05, 4.69) is 26.9 Å². The third-order valence-corrected chi connectivity index (χ3v) is 3.55. The number of halogens is 2. The topological polar surface area (TPSA) is 36.3 Å². The van der Waals surface area contributed by atoms with E-state index in [4.69, 9.17) is 21.6 Å². The van der Waals surface area contributed by atoms with Crippen molar-refractivity contribution in [1.29, 1.82) is 5.26 Å². The Labute approximate surface area is 114 Å². The van der Waals surface area contributed by atoms with Crippen LogP contribution in [0.4, 0.5) is 0 Å². The normalized spacial score (nSPS) is 21.1. The van der Waals surface area contributed by atoms with Gasteiger partial charge < -0.3 is 4.74 Å². The van der Waals surface area contributed by atoms with Crippen LogP contribution in [0.15, 0.2) is 22.7 Å². The number of benzene rings is 1. The number of ether oxygens (including phenoxy) is 1. The maximum Gasteiger partial charge on any atom is 0.156 e. The van der Waals surface area contributed by atoms with Crippen LogP contribution in [0, 0.1) is 11.3 Å². The van der Waals surface area contributed by atoms with Crippen molar-refractivity contribution in [3.8, 4) is 6.07 Å². The second kappa shape index (κ2) is 5.83. The lowest BCUT2D eigenvalue weighted by molar-refractivity contribution is -0.00268. The standard InChI is InChI=1S/C12H12BrClN2O/c13-10-2-1-9(12(14)5-10)7-16-3-4-17-11(6-15)8-16/h1-2,5,11H,3-4,7-8H2. The number of rotatable bonds is 2. The van der Waals surface area contributed by atoms with Gasteiger partial charge in [-0.25, -0.2) is 0 Å². The van der Waals surface area contributed by atoms with Crippen molar-refractivity contribution in [3.63, 3.8) is 0 Å². The van der Waals surface area contributed by atoms with Crippen LogP contribution in [-0.4, -0.2) is 30.7 Å². The van der Waals surface area contributed by atoms with E-state index in [0.717, 1.165) is 28.1 Å². The average Bonchev–Trinajstić information content (AvgIpc) is 2.33. The number of morpholine rings is 1. The molecular weight excluding hydrogens is 304 g/mol. The first kappa shape index (κ1) is 12.8. The highest BCUT2D eigenvalue weighted by atomic mass is 79.9. The third kappa shape index (κ3) is 3.43. The van der Waals surface area contributed by atoms with Gasteiger partial charge in [-0.1, -0.05) is 33.6 Å². The molecule has 5 heteroatoms. The summed E-state index contributed by atoms with van der Waals surface area (Å²) in [4.78, 5) is 2.19. The first-order valence-corrected chi connectivity index (χ1v) is 6.53. The molecule has 1 saturated heterocycles. The summed E-state index contributed by atoms with van der Waals surface area (Å²) in [5.74, 6) is 0. The summed E-state index contributed by atoms with van der Waals surface area (Å²) < 4.78 is 6.28. The number of hydrogen-bond donors (Lipinski definition) is 0. The Morgan fingerprint density at radius 1 is 1.59 bits per heavy atom. The molecule has 17 heavy (non-hydrogen) atoms. The van der Waals surface area contributed by atoms with Crippen LogP contribution in [0.3, 0.4) is 0 Å². The van der Waals surface area contributed by atoms with Crippen molar-refractivity contribution >= 4 is 27.5 Å². The van der Waals surface area contributed by atoms with E-state index < -0.39 is 0 Å². The summed E-state index contributed by atoms with van der Waals surface area (Å²) in [6, 6.07) is 8.01. The molecule has 1 aliphatic heterocycles. The molecule has 0 aromatic heterocycles. The van der Waals surface area contributed by atoms with Gasteiger partial charge in [0.15, 0.2) is 6.10 Å². The highest BCUT2D eigenvalue weighted by Gasteiger charge is 2.20. The van der Waals surface area contributed by atoms with Crippen LogP contribution in [-0.2, 0) is 11.3 Å². The lowest BCUT2D eigenvalue weighted by Gasteiger charge is -2.29. The van der Waals surface area contributed by atoms with Crippen molar-refractivity contribution in [3.05, 3.63) is 33.3 Å². The van der Waals surface area contributed by atoms with Gasteiger partial charge in [-0.15, -0.1) is 0 Å². The second-order valence-corrected chi connectivity index (χ2v) is 5.28. The number of hydrogen-bond acceptors (Lipinski definition) is 3. The molecule has 1 atom stereocenters. The van der Waals surface area contributed by atoms with Crippen LogP contribution in [0.1, 0.15) is 5.56 Å². The lowest BCUT2D eigenvalue weighted by Crippen LogP contribution is -2.41. The predicted octanol–water partition coefficient (Wildman–Crippen LogP) is 2.83. The Balaban J connectivity index is 2.03. The van der Waals surface area contributed by atoms with Crippen LogP contribution < -0.4 is 0 Å². The summed E-state index contributed by atoms with van der Waals surface area (Å²) in [6.45, 7) is 2.84. The zero-order valence-corrected chi connectivity index (χ0v) is 11.5. The first-order valence-electron chi connectivity index (χ1n) is 5.36. The van der Waals surface area contributed by atoms with Crippen molar-refractivity contribution in [2.24, 2.45) is 0 Å². The molecule has 3 nitrogen and oxygen atoms in total. The SMILES string of the molecule is N#CC1CN(Cc2ccc(Br)cc2Cl)CCO1. The fourth-order valence-electron chi connectivity index (χ4n) is 1.82. The maximum absolute atomic E-state index is 8.83. The minimum atomic E-state index is -0.321. The van der Waals surface area contributed by atoms with E-state index in [-0.39, 0.29) is 6.10 Å². The average molecular weight is 316 g/mol. The largest absolute Gasteiger partial charge is 0.361 e. The highest BCUT2D eigenvalue weighted by Crippen LogP contribution is 2.23. The number of nitriles is 1. The van der Waals surface area contributed by atoms with Gasteiger partial charge in [0, 0.05) is 29.1 Å². The van der Waals surface area contributed by atoms with Gasteiger partial charge in [-0.05, 0) is 17.7 Å². The minimum Gasteiger partial charge on any atom is -0.361 e. The maximum atomic E-state index is 8.83. The summed E-state index contributed by atoms with van der Waals surface area (Å²) in [7, 11) is 0. The van der Waals surface area contributed by atoms with Crippen LogP contribution >= 0.6 is 27.5 Å². The van der Waals surface area contributed by atoms with Gasteiger partial charge in [0.05, 0.1) is 12.7 Å². The number of nitrogens with zero attached hydrogens (tertiary/aromatic N) is 2. The quantitative estimate of drug-likeness (QED) is 0.842. The summed E-state index contributed by atoms with van der Waals surface area (Å²) in [5.41, 5.74) is 1.08. The first-order chi connectivity index (χ1) is 8.19. The van der Waals surface area contributed by atoms with Gasteiger partial charge in [-0.3, -0.25) is 4.90 Å². The molecule has 0 N–H and O–H groups in total. The fraction of sp³-hybridized carbons (Fsp3) is 0.417. The summed E-state index contributed by atoms with van der Waals surface area (Å²) in [6.07, 6.45) is -0.321. The Hall–Kier alpha value is -0.600. The molecule has 1 heterocycles. The second-order valence-electron chi connectivity index (χ2n) is 3.96. The Bertz CT molecular complexity index is 447. The van der Waals surface area contributed by atoms with Crippen molar-refractivity contribution in [2.45, 2.75) is 12.6 Å². The van der Waals surface area contributed by atoms with Crippen molar-refractivity contribution in [2.75, 3.05) is 19.7 Å². The monoisotopic (exact) mass is 314 g/mol. The molecule has 2 rings (SSSR count). The Kier molecular flexibility index (Phi) is 4.41. The minimum absolute atomic E-state index is 0.321. The van der Waals surface area contributed by atoms with E-state index >= 15 is 0 Å². The molecule has 0 amide bonds. The molecule has 1 unspecified atom stereocenters. The zero-order valence-electron chi connectivity index (χ0n) is 9.20. The van der Waals surface area contributed by atoms with E-state index in [9.17, 15) is 0 Å². The Morgan fingerprint density at radius 2 is 2.41 bits per heavy atom. The van der Waals surface area contributed by atoms with E-state index in [1.807, 2.05) is 18.2 Å². The van der Waals surface area contributed by atoms with E-state index in [1.165, 1.54) is 0 Å². The van der Waals surface area contributed by atoms with Gasteiger partial charge in [0.25, 0.3) is 0 Å². The smallest absolute Gasteiger partial charge is 0.156 e. The fourth-order valence-corrected chi connectivity index (χ4v) is 2.55. The molecule has 0 aliphatic carbocycles. The predicted molar refractivity (Wildman–Crippen MR) is 69.8 cm³/mol. The van der Waals surface area contributed by atoms with Crippen LogP contribution in [0.25, 0.3) is 0 Å². The van der Waals surface area contributed by atoms with Gasteiger partial charge in [0.2, 0.25) is 0 Å².